The minimum Gasteiger partial charge on any atom is -0.416 e. The largest absolute Gasteiger partial charge is 0.416 e. The predicted molar refractivity (Wildman–Crippen MR) is 69.2 cm³/mol. The van der Waals surface area contributed by atoms with Gasteiger partial charge in [-0.3, -0.25) is 4.79 Å². The minimum absolute atomic E-state index is 0.133. The molecule has 0 bridgehead atoms. The van der Waals surface area contributed by atoms with Crippen LogP contribution in [0, 0.1) is 0 Å². The third kappa shape index (κ3) is 3.50. The molecule has 0 atom stereocenters. The monoisotopic (exact) mass is 278 g/mol. The average molecular weight is 278 g/mol. The number of amides is 1. The van der Waals surface area contributed by atoms with Gasteiger partial charge in [-0.15, -0.1) is 0 Å². The van der Waals surface area contributed by atoms with Crippen LogP contribution in [0.2, 0.25) is 0 Å². The quantitative estimate of drug-likeness (QED) is 0.913. The number of alkyl halides is 2. The first-order chi connectivity index (χ1) is 9.56. The highest BCUT2D eigenvalue weighted by Crippen LogP contribution is 2.28. The molecule has 1 aromatic heterocycles. The van der Waals surface area contributed by atoms with Gasteiger partial charge in [0.05, 0.1) is 6.42 Å². The summed E-state index contributed by atoms with van der Waals surface area (Å²) in [7, 11) is 0. The van der Waals surface area contributed by atoms with Crippen molar-refractivity contribution in [2.24, 2.45) is 5.73 Å². The van der Waals surface area contributed by atoms with Gasteiger partial charge in [-0.1, -0.05) is 24.3 Å². The Morgan fingerprint density at radius 1 is 1.25 bits per heavy atom. The Hall–Kier alpha value is -2.50. The zero-order valence-electron chi connectivity index (χ0n) is 10.4. The molecule has 0 aliphatic rings. The molecule has 0 fully saturated rings. The van der Waals surface area contributed by atoms with E-state index in [0.717, 1.165) is 5.56 Å². The Morgan fingerprint density at radius 3 is 2.55 bits per heavy atom. The molecule has 2 N–H and O–H groups in total. The van der Waals surface area contributed by atoms with E-state index in [1.165, 1.54) is 6.20 Å². The van der Waals surface area contributed by atoms with Gasteiger partial charge in [0.2, 0.25) is 11.8 Å². The fourth-order valence-corrected chi connectivity index (χ4v) is 1.79. The first-order valence-corrected chi connectivity index (χ1v) is 5.83. The molecular weight excluding hydrogens is 266 g/mol. The molecule has 6 heteroatoms. The summed E-state index contributed by atoms with van der Waals surface area (Å²) in [6.07, 6.45) is 1.51. The maximum atomic E-state index is 12.3. The van der Waals surface area contributed by atoms with Gasteiger partial charge in [-0.05, 0) is 23.3 Å². The number of carbonyl (C=O) groups is 1. The van der Waals surface area contributed by atoms with Crippen molar-refractivity contribution < 1.29 is 18.3 Å². The lowest BCUT2D eigenvalue weighted by Gasteiger charge is -2.09. The van der Waals surface area contributed by atoms with Gasteiger partial charge in [0.1, 0.15) is 0 Å². The molecule has 104 valence electrons. The SMILES string of the molecule is NC(=O)Cc1ccc(-c2cccnc2OC(F)F)cc1. The highest BCUT2D eigenvalue weighted by atomic mass is 19.3. The maximum Gasteiger partial charge on any atom is 0.388 e. The molecule has 0 aliphatic carbocycles. The van der Waals surface area contributed by atoms with Crippen molar-refractivity contribution in [3.8, 4) is 17.0 Å². The number of nitrogens with zero attached hydrogens (tertiary/aromatic N) is 1. The van der Waals surface area contributed by atoms with Crippen LogP contribution in [0.15, 0.2) is 42.6 Å². The van der Waals surface area contributed by atoms with Crippen molar-refractivity contribution in [3.63, 3.8) is 0 Å². The Labute approximate surface area is 114 Å². The van der Waals surface area contributed by atoms with Crippen molar-refractivity contribution in [3.05, 3.63) is 48.2 Å². The second-order valence-corrected chi connectivity index (χ2v) is 4.07. The topological polar surface area (TPSA) is 65.2 Å². The third-order valence-corrected chi connectivity index (χ3v) is 2.62. The number of halogens is 2. The molecule has 1 amide bonds. The highest BCUT2D eigenvalue weighted by Gasteiger charge is 2.12. The first kappa shape index (κ1) is 13.9. The lowest BCUT2D eigenvalue weighted by molar-refractivity contribution is -0.117. The van der Waals surface area contributed by atoms with E-state index in [9.17, 15) is 13.6 Å². The van der Waals surface area contributed by atoms with Crippen LogP contribution >= 0.6 is 0 Å². The average Bonchev–Trinajstić information content (AvgIpc) is 2.39. The van der Waals surface area contributed by atoms with Crippen LogP contribution in [0.3, 0.4) is 0 Å². The van der Waals surface area contributed by atoms with E-state index in [-0.39, 0.29) is 12.3 Å². The van der Waals surface area contributed by atoms with Gasteiger partial charge in [-0.2, -0.15) is 8.78 Å². The highest BCUT2D eigenvalue weighted by molar-refractivity contribution is 5.77. The van der Waals surface area contributed by atoms with Crippen LogP contribution in [0.25, 0.3) is 11.1 Å². The van der Waals surface area contributed by atoms with Crippen molar-refractivity contribution in [1.29, 1.82) is 0 Å². The van der Waals surface area contributed by atoms with Crippen LogP contribution in [0.1, 0.15) is 5.56 Å². The third-order valence-electron chi connectivity index (χ3n) is 2.62. The van der Waals surface area contributed by atoms with Crippen LogP contribution in [0.5, 0.6) is 5.88 Å². The Bertz CT molecular complexity index is 600. The molecule has 0 aliphatic heterocycles. The van der Waals surface area contributed by atoms with Gasteiger partial charge in [0.25, 0.3) is 0 Å². The van der Waals surface area contributed by atoms with Crippen LogP contribution in [-0.2, 0) is 11.2 Å². The Morgan fingerprint density at radius 2 is 1.95 bits per heavy atom. The molecule has 1 aromatic carbocycles. The van der Waals surface area contributed by atoms with E-state index in [0.29, 0.717) is 11.1 Å². The fraction of sp³-hybridized carbons (Fsp3) is 0.143. The van der Waals surface area contributed by atoms with Crippen molar-refractivity contribution in [2.75, 3.05) is 0 Å². The Balaban J connectivity index is 2.29. The molecular formula is C14H12F2N2O2. The zero-order valence-corrected chi connectivity index (χ0v) is 10.4. The van der Waals surface area contributed by atoms with Gasteiger partial charge in [0.15, 0.2) is 0 Å². The lowest BCUT2D eigenvalue weighted by atomic mass is 10.0. The van der Waals surface area contributed by atoms with Crippen LogP contribution in [-0.4, -0.2) is 17.5 Å². The second-order valence-electron chi connectivity index (χ2n) is 4.07. The lowest BCUT2D eigenvalue weighted by Crippen LogP contribution is -2.13. The summed E-state index contributed by atoms with van der Waals surface area (Å²) in [6, 6.07) is 10.1. The summed E-state index contributed by atoms with van der Waals surface area (Å²) < 4.78 is 29.0. The zero-order chi connectivity index (χ0) is 14.5. The van der Waals surface area contributed by atoms with E-state index in [1.807, 2.05) is 0 Å². The van der Waals surface area contributed by atoms with E-state index < -0.39 is 12.5 Å². The molecule has 0 spiro atoms. The summed E-state index contributed by atoms with van der Waals surface area (Å²) in [6.45, 7) is -2.93. The van der Waals surface area contributed by atoms with E-state index in [1.54, 1.807) is 36.4 Å². The summed E-state index contributed by atoms with van der Waals surface area (Å²) in [5, 5.41) is 0. The number of primary amides is 1. The van der Waals surface area contributed by atoms with Crippen molar-refractivity contribution in [2.45, 2.75) is 13.0 Å². The normalized spacial score (nSPS) is 10.6. The van der Waals surface area contributed by atoms with E-state index in [2.05, 4.69) is 9.72 Å². The second kappa shape index (κ2) is 6.10. The predicted octanol–water partition coefficient (Wildman–Crippen LogP) is 2.38. The molecule has 2 aromatic rings. The number of ether oxygens (including phenoxy) is 1. The standard InChI is InChI=1S/C14H12F2N2O2/c15-14(16)20-13-11(2-1-7-18-13)10-5-3-9(4-6-10)8-12(17)19/h1-7,14H,8H2,(H2,17,19). The molecule has 20 heavy (non-hydrogen) atoms. The van der Waals surface area contributed by atoms with Crippen molar-refractivity contribution in [1.82, 2.24) is 4.98 Å². The number of benzene rings is 1. The van der Waals surface area contributed by atoms with E-state index in [4.69, 9.17) is 5.73 Å². The molecule has 0 saturated heterocycles. The number of hydrogen-bond acceptors (Lipinski definition) is 3. The summed E-state index contributed by atoms with van der Waals surface area (Å²) in [5.41, 5.74) is 6.98. The summed E-state index contributed by atoms with van der Waals surface area (Å²) in [4.78, 5) is 14.6. The molecule has 0 saturated carbocycles. The van der Waals surface area contributed by atoms with Gasteiger partial charge in [-0.25, -0.2) is 4.98 Å². The van der Waals surface area contributed by atoms with Crippen LogP contribution in [0.4, 0.5) is 8.78 Å². The maximum absolute atomic E-state index is 12.3. The van der Waals surface area contributed by atoms with Crippen molar-refractivity contribution >= 4 is 5.91 Å². The summed E-state index contributed by atoms with van der Waals surface area (Å²) in [5.74, 6) is -0.564. The number of pyridine rings is 1. The molecule has 1 heterocycles. The Kier molecular flexibility index (Phi) is 4.24. The molecule has 2 rings (SSSR count). The molecule has 0 radical (unpaired) electrons. The number of carbonyl (C=O) groups excluding carboxylic acids is 1. The smallest absolute Gasteiger partial charge is 0.388 e. The van der Waals surface area contributed by atoms with E-state index >= 15 is 0 Å². The first-order valence-electron chi connectivity index (χ1n) is 5.83. The summed E-state index contributed by atoms with van der Waals surface area (Å²) >= 11 is 0. The fourth-order valence-electron chi connectivity index (χ4n) is 1.79. The minimum atomic E-state index is -2.93. The van der Waals surface area contributed by atoms with Gasteiger partial charge >= 0.3 is 6.61 Å². The van der Waals surface area contributed by atoms with Gasteiger partial charge < -0.3 is 10.5 Å². The van der Waals surface area contributed by atoms with Crippen LogP contribution < -0.4 is 10.5 Å². The van der Waals surface area contributed by atoms with Gasteiger partial charge in [0, 0.05) is 11.8 Å². The molecule has 0 unspecified atom stereocenters. The number of rotatable bonds is 5. The number of aromatic nitrogens is 1. The molecule has 4 nitrogen and oxygen atoms in total. The number of hydrogen-bond donors (Lipinski definition) is 1. The number of nitrogens with two attached hydrogens (primary N) is 1.